The van der Waals surface area contributed by atoms with Gasteiger partial charge in [-0.25, -0.2) is 9.97 Å². The Morgan fingerprint density at radius 1 is 1.30 bits per heavy atom. The van der Waals surface area contributed by atoms with Crippen LogP contribution in [0.5, 0.6) is 5.75 Å². The highest BCUT2D eigenvalue weighted by atomic mass is 35.5. The molecule has 0 atom stereocenters. The van der Waals surface area contributed by atoms with E-state index in [-0.39, 0.29) is 0 Å². The molecule has 1 saturated heterocycles. The summed E-state index contributed by atoms with van der Waals surface area (Å²) >= 11 is 6.13. The first kappa shape index (κ1) is 18.0. The Morgan fingerprint density at radius 2 is 2.07 bits per heavy atom. The fourth-order valence-electron chi connectivity index (χ4n) is 3.58. The van der Waals surface area contributed by atoms with E-state index in [1.807, 2.05) is 24.4 Å². The van der Waals surface area contributed by atoms with Crippen molar-refractivity contribution in [3.63, 3.8) is 0 Å². The van der Waals surface area contributed by atoms with Gasteiger partial charge < -0.3 is 9.64 Å². The SMILES string of the molecule is CCC1(C)CCN(c2cnc3c(-c4ccc(Cl)c(OC)c4)[nH]nc3n2)CC1. The highest BCUT2D eigenvalue weighted by Crippen LogP contribution is 2.36. The van der Waals surface area contributed by atoms with Gasteiger partial charge in [0.25, 0.3) is 0 Å². The summed E-state index contributed by atoms with van der Waals surface area (Å²) in [6.45, 7) is 6.67. The van der Waals surface area contributed by atoms with Gasteiger partial charge >= 0.3 is 0 Å². The van der Waals surface area contributed by atoms with Gasteiger partial charge in [-0.1, -0.05) is 37.9 Å². The number of hydrogen-bond acceptors (Lipinski definition) is 5. The van der Waals surface area contributed by atoms with Gasteiger partial charge in [-0.3, -0.25) is 5.10 Å². The van der Waals surface area contributed by atoms with E-state index in [9.17, 15) is 0 Å². The second-order valence-corrected chi connectivity index (χ2v) is 7.91. The molecule has 0 radical (unpaired) electrons. The predicted octanol–water partition coefficient (Wildman–Crippen LogP) is 4.70. The maximum atomic E-state index is 6.13. The van der Waals surface area contributed by atoms with Crippen LogP contribution in [0.15, 0.2) is 24.4 Å². The Hall–Kier alpha value is -2.34. The second-order valence-electron chi connectivity index (χ2n) is 7.50. The summed E-state index contributed by atoms with van der Waals surface area (Å²) in [5.74, 6) is 1.51. The smallest absolute Gasteiger partial charge is 0.202 e. The van der Waals surface area contributed by atoms with Crippen LogP contribution in [0.3, 0.4) is 0 Å². The molecule has 0 amide bonds. The van der Waals surface area contributed by atoms with E-state index in [1.165, 1.54) is 19.3 Å². The summed E-state index contributed by atoms with van der Waals surface area (Å²) in [5, 5.41) is 8.01. The van der Waals surface area contributed by atoms with Crippen molar-refractivity contribution in [2.24, 2.45) is 5.41 Å². The molecule has 0 unspecified atom stereocenters. The molecule has 1 aliphatic heterocycles. The normalized spacial score (nSPS) is 16.7. The lowest BCUT2D eigenvalue weighted by Crippen LogP contribution is -2.38. The van der Waals surface area contributed by atoms with Crippen LogP contribution in [0.4, 0.5) is 5.82 Å². The molecular weight excluding hydrogens is 362 g/mol. The lowest BCUT2D eigenvalue weighted by Gasteiger charge is -2.39. The largest absolute Gasteiger partial charge is 0.495 e. The van der Waals surface area contributed by atoms with Gasteiger partial charge in [-0.15, -0.1) is 0 Å². The average Bonchev–Trinajstić information content (AvgIpc) is 3.12. The van der Waals surface area contributed by atoms with E-state index < -0.39 is 0 Å². The van der Waals surface area contributed by atoms with Crippen molar-refractivity contribution in [3.05, 3.63) is 29.4 Å². The van der Waals surface area contributed by atoms with Gasteiger partial charge in [-0.2, -0.15) is 5.10 Å². The zero-order valence-electron chi connectivity index (χ0n) is 15.9. The number of hydrogen-bond donors (Lipinski definition) is 1. The van der Waals surface area contributed by atoms with Crippen molar-refractivity contribution in [2.75, 3.05) is 25.1 Å². The van der Waals surface area contributed by atoms with Crippen LogP contribution < -0.4 is 9.64 Å². The number of rotatable bonds is 4. The number of methoxy groups -OCH3 is 1. The van der Waals surface area contributed by atoms with Crippen LogP contribution >= 0.6 is 11.6 Å². The van der Waals surface area contributed by atoms with Crippen molar-refractivity contribution in [1.82, 2.24) is 20.2 Å². The Kier molecular flexibility index (Phi) is 4.68. The Morgan fingerprint density at radius 3 is 2.78 bits per heavy atom. The Balaban J connectivity index is 1.63. The summed E-state index contributed by atoms with van der Waals surface area (Å²) < 4.78 is 5.31. The van der Waals surface area contributed by atoms with Gasteiger partial charge in [0.15, 0.2) is 0 Å². The fraction of sp³-hybridized carbons (Fsp3) is 0.450. The molecule has 0 aliphatic carbocycles. The Bertz CT molecular complexity index is 962. The number of aromatic nitrogens is 4. The molecule has 0 spiro atoms. The summed E-state index contributed by atoms with van der Waals surface area (Å²) in [7, 11) is 1.60. The molecule has 1 fully saturated rings. The number of ether oxygens (including phenoxy) is 1. The van der Waals surface area contributed by atoms with Gasteiger partial charge in [0.2, 0.25) is 5.65 Å². The van der Waals surface area contributed by atoms with Crippen LogP contribution in [-0.2, 0) is 0 Å². The number of fused-ring (bicyclic) bond motifs is 1. The number of nitrogens with one attached hydrogen (secondary N) is 1. The highest BCUT2D eigenvalue weighted by Gasteiger charge is 2.29. The van der Waals surface area contributed by atoms with Crippen molar-refractivity contribution in [1.29, 1.82) is 0 Å². The van der Waals surface area contributed by atoms with Crippen molar-refractivity contribution >= 4 is 28.6 Å². The zero-order chi connectivity index (χ0) is 19.0. The maximum absolute atomic E-state index is 6.13. The molecule has 3 aromatic rings. The number of piperidine rings is 1. The third-order valence-corrected chi connectivity index (χ3v) is 6.15. The van der Waals surface area contributed by atoms with E-state index in [4.69, 9.17) is 21.3 Å². The molecule has 0 saturated carbocycles. The molecule has 1 aliphatic rings. The summed E-state index contributed by atoms with van der Waals surface area (Å²) in [5.41, 5.74) is 3.55. The average molecular weight is 386 g/mol. The molecular formula is C20H24ClN5O. The fourth-order valence-corrected chi connectivity index (χ4v) is 3.78. The van der Waals surface area contributed by atoms with Gasteiger partial charge in [0, 0.05) is 18.7 Å². The number of anilines is 1. The minimum atomic E-state index is 0.446. The predicted molar refractivity (Wildman–Crippen MR) is 109 cm³/mol. The summed E-state index contributed by atoms with van der Waals surface area (Å²) in [4.78, 5) is 11.7. The first-order valence-corrected chi connectivity index (χ1v) is 9.71. The number of nitrogens with zero attached hydrogens (tertiary/aromatic N) is 4. The minimum Gasteiger partial charge on any atom is -0.495 e. The third kappa shape index (κ3) is 3.34. The van der Waals surface area contributed by atoms with Crippen LogP contribution in [0.2, 0.25) is 5.02 Å². The highest BCUT2D eigenvalue weighted by molar-refractivity contribution is 6.32. The van der Waals surface area contributed by atoms with Crippen LogP contribution in [0, 0.1) is 5.41 Å². The van der Waals surface area contributed by atoms with Crippen molar-refractivity contribution in [2.45, 2.75) is 33.1 Å². The molecule has 0 bridgehead atoms. The molecule has 142 valence electrons. The van der Waals surface area contributed by atoms with Crippen LogP contribution in [-0.4, -0.2) is 40.4 Å². The molecule has 1 N–H and O–H groups in total. The molecule has 3 heterocycles. The van der Waals surface area contributed by atoms with E-state index in [0.29, 0.717) is 21.8 Å². The summed E-state index contributed by atoms with van der Waals surface area (Å²) in [6, 6.07) is 5.60. The molecule has 2 aromatic heterocycles. The third-order valence-electron chi connectivity index (χ3n) is 5.84. The molecule has 27 heavy (non-hydrogen) atoms. The number of H-pyrrole nitrogens is 1. The standard InChI is InChI=1S/C20H24ClN5O/c1-4-20(2)7-9-26(10-8-20)16-12-22-18-17(24-25-19(18)23-16)13-5-6-14(21)15(11-13)27-3/h5-6,11-12H,4,7-10H2,1-3H3,(H,23,24,25). The van der Waals surface area contributed by atoms with E-state index in [1.54, 1.807) is 7.11 Å². The van der Waals surface area contributed by atoms with Gasteiger partial charge in [-0.05, 0) is 30.4 Å². The molecule has 1 aromatic carbocycles. The van der Waals surface area contributed by atoms with Crippen molar-refractivity contribution in [3.8, 4) is 17.0 Å². The van der Waals surface area contributed by atoms with Crippen LogP contribution in [0.25, 0.3) is 22.4 Å². The lowest BCUT2D eigenvalue weighted by molar-refractivity contribution is 0.238. The van der Waals surface area contributed by atoms with Gasteiger partial charge in [0.1, 0.15) is 17.1 Å². The molecule has 6 nitrogen and oxygen atoms in total. The minimum absolute atomic E-state index is 0.446. The monoisotopic (exact) mass is 385 g/mol. The molecule has 7 heteroatoms. The van der Waals surface area contributed by atoms with E-state index in [2.05, 4.69) is 33.9 Å². The number of benzene rings is 1. The van der Waals surface area contributed by atoms with E-state index >= 15 is 0 Å². The second kappa shape index (κ2) is 7.00. The van der Waals surface area contributed by atoms with Crippen LogP contribution in [0.1, 0.15) is 33.1 Å². The Labute approximate surface area is 163 Å². The first-order valence-electron chi connectivity index (χ1n) is 9.33. The number of halogens is 1. The number of aromatic amines is 1. The lowest BCUT2D eigenvalue weighted by atomic mass is 9.78. The summed E-state index contributed by atoms with van der Waals surface area (Å²) in [6.07, 6.45) is 5.43. The topological polar surface area (TPSA) is 66.9 Å². The van der Waals surface area contributed by atoms with Crippen molar-refractivity contribution < 1.29 is 4.74 Å². The maximum Gasteiger partial charge on any atom is 0.202 e. The molecule has 4 rings (SSSR count). The first-order chi connectivity index (χ1) is 13.0. The van der Waals surface area contributed by atoms with E-state index in [0.717, 1.165) is 35.7 Å². The van der Waals surface area contributed by atoms with Gasteiger partial charge in [0.05, 0.1) is 24.0 Å². The zero-order valence-corrected chi connectivity index (χ0v) is 16.7. The quantitative estimate of drug-likeness (QED) is 0.705.